The molecule has 0 saturated carbocycles. The standard InChI is InChI=1S/C24H30N6O4/c1-4-33-18-10-6-16(7-11-18)25-14-15-30-20-21(29(3)24(32)28-22(20)31)27-23(30)26-17-8-12-19(13-9-17)34-5-2/h6-13,20-21,25H,4-5,14-15H2,1-3H3,(H,26,27)(H,28,31,32). The van der Waals surface area contributed by atoms with Gasteiger partial charge in [-0.15, -0.1) is 0 Å². The predicted molar refractivity (Wildman–Crippen MR) is 130 cm³/mol. The Morgan fingerprint density at radius 1 is 0.941 bits per heavy atom. The fourth-order valence-electron chi connectivity index (χ4n) is 3.96. The minimum absolute atomic E-state index is 0.360. The van der Waals surface area contributed by atoms with E-state index in [1.807, 2.05) is 67.3 Å². The first-order valence-corrected chi connectivity index (χ1v) is 11.4. The largest absolute Gasteiger partial charge is 0.494 e. The molecule has 2 heterocycles. The summed E-state index contributed by atoms with van der Waals surface area (Å²) in [6, 6.07) is 14.2. The normalized spacial score (nSPS) is 19.3. The van der Waals surface area contributed by atoms with Crippen LogP contribution in [-0.4, -0.2) is 73.3 Å². The summed E-state index contributed by atoms with van der Waals surface area (Å²) in [5.41, 5.74) is 1.75. The second-order valence-electron chi connectivity index (χ2n) is 7.88. The summed E-state index contributed by atoms with van der Waals surface area (Å²) in [5, 5.41) is 9.09. The molecule has 1 fully saturated rings. The maximum atomic E-state index is 12.7. The quantitative estimate of drug-likeness (QED) is 0.521. The topological polar surface area (TPSA) is 108 Å². The monoisotopic (exact) mass is 466 g/mol. The van der Waals surface area contributed by atoms with Crippen LogP contribution in [0, 0.1) is 0 Å². The number of urea groups is 1. The van der Waals surface area contributed by atoms with Crippen LogP contribution in [0.2, 0.25) is 0 Å². The van der Waals surface area contributed by atoms with Gasteiger partial charge in [0.1, 0.15) is 11.5 Å². The third-order valence-corrected chi connectivity index (χ3v) is 5.63. The van der Waals surface area contributed by atoms with Gasteiger partial charge in [-0.2, -0.15) is 0 Å². The number of hydrogen-bond donors (Lipinski definition) is 3. The molecule has 2 atom stereocenters. The highest BCUT2D eigenvalue weighted by molar-refractivity contribution is 6.06. The Bertz CT molecular complexity index is 1040. The maximum Gasteiger partial charge on any atom is 0.325 e. The Balaban J connectivity index is 1.47. The molecule has 0 radical (unpaired) electrons. The second kappa shape index (κ2) is 10.3. The highest BCUT2D eigenvalue weighted by Gasteiger charge is 2.48. The lowest BCUT2D eigenvalue weighted by Crippen LogP contribution is -2.64. The van der Waals surface area contributed by atoms with Gasteiger partial charge in [-0.05, 0) is 62.4 Å². The molecule has 0 aromatic heterocycles. The van der Waals surface area contributed by atoms with Crippen molar-refractivity contribution >= 4 is 29.3 Å². The summed E-state index contributed by atoms with van der Waals surface area (Å²) in [7, 11) is 1.64. The molecule has 34 heavy (non-hydrogen) atoms. The third kappa shape index (κ3) is 5.00. The lowest BCUT2D eigenvalue weighted by Gasteiger charge is -2.36. The number of nitrogens with zero attached hydrogens (tertiary/aromatic N) is 3. The zero-order valence-electron chi connectivity index (χ0n) is 19.6. The number of carbonyl (C=O) groups excluding carboxylic acids is 2. The number of aliphatic imine (C=N–C) groups is 1. The number of nitrogens with one attached hydrogen (secondary N) is 3. The SMILES string of the molecule is CCOc1ccc(NCCN2C(Nc3ccc(OCC)cc3)=NC3C2C(=O)NC(=O)N3C)cc1. The van der Waals surface area contributed by atoms with Crippen molar-refractivity contribution in [2.24, 2.45) is 4.99 Å². The van der Waals surface area contributed by atoms with Crippen molar-refractivity contribution in [1.29, 1.82) is 0 Å². The molecule has 0 aliphatic carbocycles. The fourth-order valence-corrected chi connectivity index (χ4v) is 3.96. The molecule has 180 valence electrons. The molecule has 2 aromatic rings. The number of rotatable bonds is 9. The first kappa shape index (κ1) is 23.2. The molecule has 0 bridgehead atoms. The smallest absolute Gasteiger partial charge is 0.325 e. The maximum absolute atomic E-state index is 12.7. The second-order valence-corrected chi connectivity index (χ2v) is 7.88. The third-order valence-electron chi connectivity index (χ3n) is 5.63. The minimum atomic E-state index is -0.616. The van der Waals surface area contributed by atoms with Crippen LogP contribution >= 0.6 is 0 Å². The molecule has 2 unspecified atom stereocenters. The van der Waals surface area contributed by atoms with Crippen molar-refractivity contribution in [3.05, 3.63) is 48.5 Å². The number of carbonyl (C=O) groups is 2. The van der Waals surface area contributed by atoms with E-state index in [-0.39, 0.29) is 5.91 Å². The number of ether oxygens (including phenoxy) is 2. The fraction of sp³-hybridized carbons (Fsp3) is 0.375. The van der Waals surface area contributed by atoms with Crippen LogP contribution in [0.1, 0.15) is 13.8 Å². The van der Waals surface area contributed by atoms with E-state index in [9.17, 15) is 9.59 Å². The molecule has 2 aromatic carbocycles. The summed E-state index contributed by atoms with van der Waals surface area (Å²) in [6.45, 7) is 6.14. The van der Waals surface area contributed by atoms with Gasteiger partial charge in [-0.1, -0.05) is 0 Å². The van der Waals surface area contributed by atoms with Gasteiger partial charge in [0.25, 0.3) is 5.91 Å². The zero-order chi connectivity index (χ0) is 24.1. The molecule has 3 N–H and O–H groups in total. The summed E-state index contributed by atoms with van der Waals surface area (Å²) in [5.74, 6) is 1.76. The highest BCUT2D eigenvalue weighted by Crippen LogP contribution is 2.25. The van der Waals surface area contributed by atoms with Gasteiger partial charge in [0.05, 0.1) is 13.2 Å². The van der Waals surface area contributed by atoms with Crippen molar-refractivity contribution in [3.63, 3.8) is 0 Å². The highest BCUT2D eigenvalue weighted by atomic mass is 16.5. The lowest BCUT2D eigenvalue weighted by molar-refractivity contribution is -0.127. The zero-order valence-corrected chi connectivity index (χ0v) is 19.6. The van der Waals surface area contributed by atoms with Crippen molar-refractivity contribution in [3.8, 4) is 11.5 Å². The number of amides is 3. The van der Waals surface area contributed by atoms with E-state index in [1.165, 1.54) is 4.90 Å². The van der Waals surface area contributed by atoms with E-state index in [1.54, 1.807) is 7.05 Å². The van der Waals surface area contributed by atoms with Gasteiger partial charge in [0.15, 0.2) is 12.2 Å². The van der Waals surface area contributed by atoms with Crippen LogP contribution in [-0.2, 0) is 4.79 Å². The van der Waals surface area contributed by atoms with Crippen molar-refractivity contribution in [2.75, 3.05) is 44.0 Å². The Hall–Kier alpha value is -3.95. The Morgan fingerprint density at radius 2 is 1.53 bits per heavy atom. The number of likely N-dealkylation sites (N-methyl/N-ethyl adjacent to an activating group) is 1. The molecule has 4 rings (SSSR count). The number of hydrogen-bond acceptors (Lipinski definition) is 8. The van der Waals surface area contributed by atoms with Gasteiger partial charge < -0.3 is 29.9 Å². The van der Waals surface area contributed by atoms with Gasteiger partial charge in [0.2, 0.25) is 5.96 Å². The number of fused-ring (bicyclic) bond motifs is 1. The van der Waals surface area contributed by atoms with E-state index >= 15 is 0 Å². The Kier molecular flexibility index (Phi) is 7.05. The first-order valence-electron chi connectivity index (χ1n) is 11.4. The number of benzene rings is 2. The Morgan fingerprint density at radius 3 is 2.12 bits per heavy atom. The molecule has 0 spiro atoms. The van der Waals surface area contributed by atoms with Crippen LogP contribution in [0.4, 0.5) is 16.2 Å². The number of imide groups is 1. The average molecular weight is 467 g/mol. The van der Waals surface area contributed by atoms with Gasteiger partial charge >= 0.3 is 6.03 Å². The molecular weight excluding hydrogens is 436 g/mol. The lowest BCUT2D eigenvalue weighted by atomic mass is 10.1. The Labute approximate surface area is 198 Å². The predicted octanol–water partition coefficient (Wildman–Crippen LogP) is 2.56. The van der Waals surface area contributed by atoms with Gasteiger partial charge in [-0.3, -0.25) is 10.1 Å². The van der Waals surface area contributed by atoms with Crippen molar-refractivity contribution in [2.45, 2.75) is 26.1 Å². The van der Waals surface area contributed by atoms with Crippen LogP contribution < -0.4 is 25.4 Å². The van der Waals surface area contributed by atoms with Crippen LogP contribution in [0.25, 0.3) is 0 Å². The molecule has 1 saturated heterocycles. The molecule has 2 aliphatic rings. The first-order chi connectivity index (χ1) is 16.5. The van der Waals surface area contributed by atoms with Crippen LogP contribution in [0.3, 0.4) is 0 Å². The summed E-state index contributed by atoms with van der Waals surface area (Å²) in [4.78, 5) is 32.9. The van der Waals surface area contributed by atoms with Crippen LogP contribution in [0.5, 0.6) is 11.5 Å². The molecular formula is C24H30N6O4. The van der Waals surface area contributed by atoms with Crippen molar-refractivity contribution in [1.82, 2.24) is 15.1 Å². The molecule has 10 heteroatoms. The van der Waals surface area contributed by atoms with Crippen molar-refractivity contribution < 1.29 is 19.1 Å². The summed E-state index contributed by atoms with van der Waals surface area (Å²) >= 11 is 0. The number of anilines is 2. The van der Waals surface area contributed by atoms with E-state index in [0.29, 0.717) is 32.3 Å². The molecule has 2 aliphatic heterocycles. The van der Waals surface area contributed by atoms with Crippen LogP contribution in [0.15, 0.2) is 53.5 Å². The average Bonchev–Trinajstić information content (AvgIpc) is 3.19. The number of guanidine groups is 1. The van der Waals surface area contributed by atoms with E-state index in [2.05, 4.69) is 20.9 Å². The van der Waals surface area contributed by atoms with Gasteiger partial charge in [0, 0.05) is 31.5 Å². The van der Waals surface area contributed by atoms with Gasteiger partial charge in [-0.25, -0.2) is 9.79 Å². The molecule has 3 amide bonds. The molecule has 10 nitrogen and oxygen atoms in total. The summed E-state index contributed by atoms with van der Waals surface area (Å²) in [6.07, 6.45) is -0.600. The van der Waals surface area contributed by atoms with E-state index in [4.69, 9.17) is 9.47 Å². The summed E-state index contributed by atoms with van der Waals surface area (Å²) < 4.78 is 11.0. The van der Waals surface area contributed by atoms with E-state index < -0.39 is 18.2 Å². The minimum Gasteiger partial charge on any atom is -0.494 e. The van der Waals surface area contributed by atoms with E-state index in [0.717, 1.165) is 22.9 Å².